The van der Waals surface area contributed by atoms with Gasteiger partial charge in [-0.1, -0.05) is 30.3 Å². The van der Waals surface area contributed by atoms with Gasteiger partial charge in [-0.2, -0.15) is 0 Å². The molecule has 4 nitrogen and oxygen atoms in total. The van der Waals surface area contributed by atoms with Crippen molar-refractivity contribution >= 4 is 11.7 Å². The zero-order chi connectivity index (χ0) is 14.7. The molecule has 20 heavy (non-hydrogen) atoms. The van der Waals surface area contributed by atoms with E-state index in [4.69, 9.17) is 0 Å². The molecule has 1 heterocycles. The molecule has 0 aliphatic heterocycles. The van der Waals surface area contributed by atoms with E-state index >= 15 is 0 Å². The lowest BCUT2D eigenvalue weighted by Crippen LogP contribution is -2.13. The van der Waals surface area contributed by atoms with Crippen LogP contribution in [-0.4, -0.2) is 16.1 Å². The highest BCUT2D eigenvalue weighted by molar-refractivity contribution is 5.95. The SMILES string of the molecule is Cc1cc(NC(C)c2ccccc2)c(C(=O)O)c(C)n1. The van der Waals surface area contributed by atoms with E-state index in [0.29, 0.717) is 11.4 Å². The van der Waals surface area contributed by atoms with Crippen LogP contribution < -0.4 is 5.32 Å². The molecule has 0 aliphatic carbocycles. The summed E-state index contributed by atoms with van der Waals surface area (Å²) < 4.78 is 0. The predicted octanol–water partition coefficient (Wildman–Crippen LogP) is 3.57. The molecule has 2 N–H and O–H groups in total. The van der Waals surface area contributed by atoms with E-state index in [9.17, 15) is 9.90 Å². The minimum Gasteiger partial charge on any atom is -0.478 e. The Hall–Kier alpha value is -2.36. The smallest absolute Gasteiger partial charge is 0.339 e. The highest BCUT2D eigenvalue weighted by Gasteiger charge is 2.17. The lowest BCUT2D eigenvalue weighted by atomic mass is 10.1. The first-order chi connectivity index (χ1) is 9.49. The second kappa shape index (κ2) is 5.74. The van der Waals surface area contributed by atoms with E-state index < -0.39 is 5.97 Å². The Bertz CT molecular complexity index is 624. The second-order valence-corrected chi connectivity index (χ2v) is 4.85. The molecule has 1 unspecified atom stereocenters. The monoisotopic (exact) mass is 270 g/mol. The van der Waals surface area contributed by atoms with Gasteiger partial charge < -0.3 is 10.4 Å². The van der Waals surface area contributed by atoms with E-state index in [-0.39, 0.29) is 11.6 Å². The summed E-state index contributed by atoms with van der Waals surface area (Å²) in [5, 5.41) is 12.6. The zero-order valence-electron chi connectivity index (χ0n) is 11.8. The van der Waals surface area contributed by atoms with Crippen molar-refractivity contribution < 1.29 is 9.90 Å². The fourth-order valence-electron chi connectivity index (χ4n) is 2.27. The first-order valence-corrected chi connectivity index (χ1v) is 6.52. The number of carboxylic acid groups (broad SMARTS) is 1. The van der Waals surface area contributed by atoms with Gasteiger partial charge in [-0.3, -0.25) is 4.98 Å². The summed E-state index contributed by atoms with van der Waals surface area (Å²) in [5.74, 6) is -0.960. The molecule has 2 aromatic rings. The number of nitrogens with one attached hydrogen (secondary N) is 1. The Kier molecular flexibility index (Phi) is 4.03. The average molecular weight is 270 g/mol. The van der Waals surface area contributed by atoms with Crippen molar-refractivity contribution in [3.05, 3.63) is 58.9 Å². The van der Waals surface area contributed by atoms with Crippen LogP contribution in [0.15, 0.2) is 36.4 Å². The molecule has 0 bridgehead atoms. The summed E-state index contributed by atoms with van der Waals surface area (Å²) in [6, 6.07) is 11.7. The molecule has 1 aromatic heterocycles. The molecule has 1 atom stereocenters. The number of hydrogen-bond donors (Lipinski definition) is 2. The normalized spacial score (nSPS) is 11.9. The summed E-state index contributed by atoms with van der Waals surface area (Å²) in [6.07, 6.45) is 0. The van der Waals surface area contributed by atoms with Gasteiger partial charge in [0.1, 0.15) is 5.56 Å². The Morgan fingerprint density at radius 1 is 1.25 bits per heavy atom. The largest absolute Gasteiger partial charge is 0.478 e. The number of carboxylic acids is 1. The molecule has 0 aliphatic rings. The predicted molar refractivity (Wildman–Crippen MR) is 79.2 cm³/mol. The summed E-state index contributed by atoms with van der Waals surface area (Å²) in [4.78, 5) is 15.6. The van der Waals surface area contributed by atoms with Crippen LogP contribution in [0.3, 0.4) is 0 Å². The van der Waals surface area contributed by atoms with Crippen molar-refractivity contribution in [2.45, 2.75) is 26.8 Å². The maximum atomic E-state index is 11.4. The van der Waals surface area contributed by atoms with E-state index in [0.717, 1.165) is 11.3 Å². The molecule has 0 amide bonds. The van der Waals surface area contributed by atoms with Gasteiger partial charge in [0.2, 0.25) is 0 Å². The van der Waals surface area contributed by atoms with Gasteiger partial charge in [0.25, 0.3) is 0 Å². The highest BCUT2D eigenvalue weighted by Crippen LogP contribution is 2.25. The molecule has 0 radical (unpaired) electrons. The Morgan fingerprint density at radius 3 is 2.50 bits per heavy atom. The fraction of sp³-hybridized carbons (Fsp3) is 0.250. The number of anilines is 1. The lowest BCUT2D eigenvalue weighted by molar-refractivity contribution is 0.0696. The van der Waals surface area contributed by atoms with Crippen molar-refractivity contribution in [2.24, 2.45) is 0 Å². The van der Waals surface area contributed by atoms with Crippen LogP contribution in [0, 0.1) is 13.8 Å². The minimum absolute atomic E-state index is 0.0236. The molecular formula is C16H18N2O2. The molecule has 0 saturated carbocycles. The van der Waals surface area contributed by atoms with Crippen LogP contribution in [0.5, 0.6) is 0 Å². The Morgan fingerprint density at radius 2 is 1.90 bits per heavy atom. The first-order valence-electron chi connectivity index (χ1n) is 6.52. The number of nitrogens with zero attached hydrogens (tertiary/aromatic N) is 1. The first kappa shape index (κ1) is 14.1. The second-order valence-electron chi connectivity index (χ2n) is 4.85. The highest BCUT2D eigenvalue weighted by atomic mass is 16.4. The maximum absolute atomic E-state index is 11.4. The van der Waals surface area contributed by atoms with Gasteiger partial charge in [-0.15, -0.1) is 0 Å². The van der Waals surface area contributed by atoms with Crippen LogP contribution >= 0.6 is 0 Å². The maximum Gasteiger partial charge on any atom is 0.339 e. The number of rotatable bonds is 4. The van der Waals surface area contributed by atoms with Crippen molar-refractivity contribution in [3.8, 4) is 0 Å². The van der Waals surface area contributed by atoms with Crippen LogP contribution in [-0.2, 0) is 0 Å². The molecule has 0 fully saturated rings. The van der Waals surface area contributed by atoms with Crippen LogP contribution in [0.25, 0.3) is 0 Å². The van der Waals surface area contributed by atoms with Crippen LogP contribution in [0.4, 0.5) is 5.69 Å². The quantitative estimate of drug-likeness (QED) is 0.891. The van der Waals surface area contributed by atoms with Crippen molar-refractivity contribution in [1.29, 1.82) is 0 Å². The van der Waals surface area contributed by atoms with Crippen molar-refractivity contribution in [2.75, 3.05) is 5.32 Å². The Labute approximate surface area is 118 Å². The third kappa shape index (κ3) is 2.96. The van der Waals surface area contributed by atoms with Gasteiger partial charge in [0.15, 0.2) is 0 Å². The molecule has 2 rings (SSSR count). The molecule has 0 saturated heterocycles. The molecule has 1 aromatic carbocycles. The zero-order valence-corrected chi connectivity index (χ0v) is 11.8. The number of aryl methyl sites for hydroxylation is 2. The third-order valence-electron chi connectivity index (χ3n) is 3.21. The fourth-order valence-corrected chi connectivity index (χ4v) is 2.27. The average Bonchev–Trinajstić information content (AvgIpc) is 2.38. The summed E-state index contributed by atoms with van der Waals surface area (Å²) >= 11 is 0. The van der Waals surface area contributed by atoms with Crippen molar-refractivity contribution in [1.82, 2.24) is 4.98 Å². The van der Waals surface area contributed by atoms with Gasteiger partial charge in [-0.05, 0) is 32.4 Å². The van der Waals surface area contributed by atoms with Crippen LogP contribution in [0.2, 0.25) is 0 Å². The van der Waals surface area contributed by atoms with Gasteiger partial charge in [0.05, 0.1) is 11.4 Å². The van der Waals surface area contributed by atoms with E-state index in [1.54, 1.807) is 13.0 Å². The number of carbonyl (C=O) groups is 1. The van der Waals surface area contributed by atoms with Gasteiger partial charge in [-0.25, -0.2) is 4.79 Å². The molecular weight excluding hydrogens is 252 g/mol. The molecule has 0 spiro atoms. The molecule has 104 valence electrons. The number of pyridine rings is 1. The molecule has 4 heteroatoms. The van der Waals surface area contributed by atoms with Gasteiger partial charge >= 0.3 is 5.97 Å². The summed E-state index contributed by atoms with van der Waals surface area (Å²) in [5.41, 5.74) is 3.28. The summed E-state index contributed by atoms with van der Waals surface area (Å²) in [7, 11) is 0. The van der Waals surface area contributed by atoms with Crippen LogP contribution in [0.1, 0.15) is 40.3 Å². The topological polar surface area (TPSA) is 62.2 Å². The minimum atomic E-state index is -0.960. The Balaban J connectivity index is 2.36. The number of hydrogen-bond acceptors (Lipinski definition) is 3. The number of aromatic nitrogens is 1. The number of benzene rings is 1. The van der Waals surface area contributed by atoms with E-state index in [1.807, 2.05) is 44.2 Å². The van der Waals surface area contributed by atoms with Crippen molar-refractivity contribution in [3.63, 3.8) is 0 Å². The van der Waals surface area contributed by atoms with Gasteiger partial charge in [0, 0.05) is 11.7 Å². The number of aromatic carboxylic acids is 1. The van der Waals surface area contributed by atoms with E-state index in [2.05, 4.69) is 10.3 Å². The summed E-state index contributed by atoms with van der Waals surface area (Å²) in [6.45, 7) is 5.58. The standard InChI is InChI=1S/C16H18N2O2/c1-10-9-14(15(16(19)20)12(3)17-10)18-11(2)13-7-5-4-6-8-13/h4-9,11H,1-3H3,(H,17,18)(H,19,20). The third-order valence-corrected chi connectivity index (χ3v) is 3.21. The lowest BCUT2D eigenvalue weighted by Gasteiger charge is -2.18. The van der Waals surface area contributed by atoms with E-state index in [1.165, 1.54) is 0 Å².